The van der Waals surface area contributed by atoms with Crippen molar-refractivity contribution < 1.29 is 23.8 Å². The number of likely N-dealkylation sites (tertiary alicyclic amines) is 1. The molecule has 0 bridgehead atoms. The number of benzene rings is 2. The van der Waals surface area contributed by atoms with Crippen molar-refractivity contribution in [2.75, 3.05) is 58.8 Å². The molecule has 5 rings (SSSR count). The van der Waals surface area contributed by atoms with E-state index in [0.717, 1.165) is 72.1 Å². The van der Waals surface area contributed by atoms with Gasteiger partial charge in [-0.15, -0.1) is 0 Å². The fraction of sp³-hybridized carbons (Fsp3) is 0.526. The molecule has 1 amide bonds. The van der Waals surface area contributed by atoms with Gasteiger partial charge in [-0.3, -0.25) is 4.79 Å². The third-order valence-electron chi connectivity index (χ3n) is 9.13. The number of amides is 1. The Hall–Kier alpha value is -4.22. The molecule has 0 aliphatic carbocycles. The maximum Gasteiger partial charge on any atom is 0.344 e. The summed E-state index contributed by atoms with van der Waals surface area (Å²) < 4.78 is 18.3. The number of ether oxygens (including phenoxy) is 3. The second-order valence-corrected chi connectivity index (χ2v) is 12.8. The first-order valence-electron chi connectivity index (χ1n) is 17.9. The lowest BCUT2D eigenvalue weighted by Gasteiger charge is -2.26. The van der Waals surface area contributed by atoms with Crippen molar-refractivity contribution in [1.82, 2.24) is 24.3 Å². The molecule has 0 unspecified atom stereocenters. The molecule has 49 heavy (non-hydrogen) atoms. The molecule has 264 valence electrons. The molecule has 4 aromatic rings. The molecule has 0 saturated carbocycles. The quantitative estimate of drug-likeness (QED) is 0.0978. The second kappa shape index (κ2) is 18.5. The van der Waals surface area contributed by atoms with E-state index in [9.17, 15) is 9.59 Å². The van der Waals surface area contributed by atoms with Crippen molar-refractivity contribution >= 4 is 39.6 Å². The summed E-state index contributed by atoms with van der Waals surface area (Å²) in [5.74, 6) is 1.68. The second-order valence-electron chi connectivity index (χ2n) is 12.8. The van der Waals surface area contributed by atoms with Crippen LogP contribution in [-0.4, -0.2) is 89.3 Å². The van der Waals surface area contributed by atoms with E-state index < -0.39 is 5.97 Å². The normalized spacial score (nSPS) is 13.6. The molecule has 2 N–H and O–H groups in total. The van der Waals surface area contributed by atoms with Gasteiger partial charge in [0.15, 0.2) is 12.4 Å². The Morgan fingerprint density at radius 1 is 0.959 bits per heavy atom. The molecule has 2 aromatic carbocycles. The van der Waals surface area contributed by atoms with Crippen LogP contribution in [0.2, 0.25) is 0 Å². The Kier molecular flexibility index (Phi) is 13.6. The summed E-state index contributed by atoms with van der Waals surface area (Å²) in [5.41, 5.74) is 9.91. The number of imidazole rings is 1. The zero-order valence-electron chi connectivity index (χ0n) is 29.2. The molecule has 1 aliphatic rings. The van der Waals surface area contributed by atoms with Gasteiger partial charge in [-0.05, 0) is 88.8 Å². The number of esters is 1. The van der Waals surface area contributed by atoms with Gasteiger partial charge in [0.2, 0.25) is 5.91 Å². The van der Waals surface area contributed by atoms with E-state index in [-0.39, 0.29) is 12.5 Å². The largest absolute Gasteiger partial charge is 0.482 e. The SMILES string of the molecule is CCOC(=O)COc1cccc(CN(CCCCn2c(CCOC)nc3c(N)nc4ccccc4c32)C(=O)CCCCN2CCCCC2)c1. The first-order chi connectivity index (χ1) is 24.0. The van der Waals surface area contributed by atoms with Crippen molar-refractivity contribution in [2.45, 2.75) is 77.8 Å². The summed E-state index contributed by atoms with van der Waals surface area (Å²) >= 11 is 0. The number of para-hydroxylation sites is 1. The minimum absolute atomic E-state index is 0.150. The zero-order valence-corrected chi connectivity index (χ0v) is 29.2. The zero-order chi connectivity index (χ0) is 34.4. The smallest absolute Gasteiger partial charge is 0.344 e. The van der Waals surface area contributed by atoms with Crippen LogP contribution in [-0.2, 0) is 38.6 Å². The predicted octanol–water partition coefficient (Wildman–Crippen LogP) is 5.76. The van der Waals surface area contributed by atoms with Gasteiger partial charge in [0, 0.05) is 45.0 Å². The Balaban J connectivity index is 1.26. The van der Waals surface area contributed by atoms with E-state index in [1.54, 1.807) is 14.0 Å². The number of rotatable bonds is 19. The molecule has 11 nitrogen and oxygen atoms in total. The number of hydrogen-bond acceptors (Lipinski definition) is 9. The monoisotopic (exact) mass is 672 g/mol. The van der Waals surface area contributed by atoms with Crippen LogP contribution in [0, 0.1) is 0 Å². The van der Waals surface area contributed by atoms with Crippen molar-refractivity contribution in [3.8, 4) is 5.75 Å². The Bertz CT molecular complexity index is 1670. The van der Waals surface area contributed by atoms with Gasteiger partial charge in [0.05, 0.1) is 24.2 Å². The number of fused-ring (bicyclic) bond motifs is 3. The first kappa shape index (κ1) is 36.1. The van der Waals surface area contributed by atoms with E-state index in [2.05, 4.69) is 20.5 Å². The standard InChI is InChI=1S/C38H52N6O5/c1-3-48-35(46)28-49-30-15-13-14-29(26-30)27-43(34(45)18-7-10-22-42-20-8-4-9-21-42)23-11-12-24-44-33(19-25-47-2)41-36-37(44)31-16-5-6-17-32(31)40-38(36)39/h5-6,13-17,26H,3-4,7-12,18-25,27-28H2,1-2H3,(H2,39,40). The molecule has 0 spiro atoms. The lowest BCUT2D eigenvalue weighted by atomic mass is 10.1. The molecular formula is C38H52N6O5. The highest BCUT2D eigenvalue weighted by Gasteiger charge is 2.19. The van der Waals surface area contributed by atoms with Crippen LogP contribution < -0.4 is 10.5 Å². The highest BCUT2D eigenvalue weighted by molar-refractivity contribution is 6.06. The van der Waals surface area contributed by atoms with Crippen molar-refractivity contribution in [1.29, 1.82) is 0 Å². The van der Waals surface area contributed by atoms with E-state index >= 15 is 0 Å². The maximum absolute atomic E-state index is 13.7. The number of hydrogen-bond donors (Lipinski definition) is 1. The third-order valence-corrected chi connectivity index (χ3v) is 9.13. The molecule has 0 radical (unpaired) electrons. The number of piperidine rings is 1. The molecule has 2 aromatic heterocycles. The topological polar surface area (TPSA) is 125 Å². The molecule has 1 aliphatic heterocycles. The Morgan fingerprint density at radius 2 is 1.78 bits per heavy atom. The third kappa shape index (κ3) is 10.1. The number of anilines is 1. The summed E-state index contributed by atoms with van der Waals surface area (Å²) in [4.78, 5) is 39.5. The number of carbonyl (C=O) groups is 2. The van der Waals surface area contributed by atoms with Gasteiger partial charge in [0.25, 0.3) is 0 Å². The molecule has 1 saturated heterocycles. The minimum Gasteiger partial charge on any atom is -0.482 e. The number of unbranched alkanes of at least 4 members (excludes halogenated alkanes) is 2. The average Bonchev–Trinajstić information content (AvgIpc) is 3.49. The average molecular weight is 673 g/mol. The number of nitrogens with two attached hydrogens (primary N) is 1. The Labute approximate surface area is 289 Å². The van der Waals surface area contributed by atoms with E-state index in [1.165, 1.54) is 32.4 Å². The fourth-order valence-corrected chi connectivity index (χ4v) is 6.65. The summed E-state index contributed by atoms with van der Waals surface area (Å²) in [6.45, 7) is 7.73. The van der Waals surface area contributed by atoms with E-state index in [0.29, 0.717) is 50.7 Å². The highest BCUT2D eigenvalue weighted by Crippen LogP contribution is 2.29. The van der Waals surface area contributed by atoms with Crippen molar-refractivity contribution in [3.05, 3.63) is 59.9 Å². The summed E-state index contributed by atoms with van der Waals surface area (Å²) in [6.07, 6.45) is 8.64. The number of nitrogens with zero attached hydrogens (tertiary/aromatic N) is 5. The van der Waals surface area contributed by atoms with Crippen LogP contribution in [0.5, 0.6) is 5.75 Å². The van der Waals surface area contributed by atoms with E-state index in [1.807, 2.05) is 47.4 Å². The summed E-state index contributed by atoms with van der Waals surface area (Å²) in [6, 6.07) is 15.6. The minimum atomic E-state index is -0.405. The van der Waals surface area contributed by atoms with Crippen molar-refractivity contribution in [2.24, 2.45) is 0 Å². The lowest BCUT2D eigenvalue weighted by Crippen LogP contribution is -2.32. The lowest BCUT2D eigenvalue weighted by molar-refractivity contribution is -0.145. The first-order valence-corrected chi connectivity index (χ1v) is 17.9. The maximum atomic E-state index is 13.7. The number of aryl methyl sites for hydroxylation is 1. The predicted molar refractivity (Wildman–Crippen MR) is 192 cm³/mol. The van der Waals surface area contributed by atoms with Gasteiger partial charge in [-0.1, -0.05) is 36.8 Å². The fourth-order valence-electron chi connectivity index (χ4n) is 6.65. The summed E-state index contributed by atoms with van der Waals surface area (Å²) in [7, 11) is 1.69. The van der Waals surface area contributed by atoms with Crippen LogP contribution in [0.25, 0.3) is 21.9 Å². The van der Waals surface area contributed by atoms with Gasteiger partial charge < -0.3 is 34.3 Å². The van der Waals surface area contributed by atoms with Crippen molar-refractivity contribution in [3.63, 3.8) is 0 Å². The van der Waals surface area contributed by atoms with Gasteiger partial charge >= 0.3 is 5.97 Å². The van der Waals surface area contributed by atoms with Gasteiger partial charge in [-0.2, -0.15) is 0 Å². The molecular weight excluding hydrogens is 620 g/mol. The molecule has 3 heterocycles. The van der Waals surface area contributed by atoms with Gasteiger partial charge in [-0.25, -0.2) is 14.8 Å². The number of nitrogen functional groups attached to an aromatic ring is 1. The highest BCUT2D eigenvalue weighted by atomic mass is 16.6. The number of carbonyl (C=O) groups excluding carboxylic acids is 2. The molecule has 1 fully saturated rings. The molecule has 0 atom stereocenters. The van der Waals surface area contributed by atoms with Crippen LogP contribution >= 0.6 is 0 Å². The molecule has 11 heteroatoms. The van der Waals surface area contributed by atoms with Crippen LogP contribution in [0.15, 0.2) is 48.5 Å². The van der Waals surface area contributed by atoms with Crippen LogP contribution in [0.3, 0.4) is 0 Å². The van der Waals surface area contributed by atoms with Crippen LogP contribution in [0.4, 0.5) is 5.82 Å². The van der Waals surface area contributed by atoms with Gasteiger partial charge in [0.1, 0.15) is 17.1 Å². The number of aromatic nitrogens is 3. The summed E-state index contributed by atoms with van der Waals surface area (Å²) in [5, 5.41) is 1.02. The Morgan fingerprint density at radius 3 is 2.59 bits per heavy atom. The number of methoxy groups -OCH3 is 1. The van der Waals surface area contributed by atoms with E-state index in [4.69, 9.17) is 24.9 Å². The number of pyridine rings is 1. The van der Waals surface area contributed by atoms with Crippen LogP contribution in [0.1, 0.15) is 69.7 Å².